The van der Waals surface area contributed by atoms with E-state index in [9.17, 15) is 0 Å². The Kier molecular flexibility index (Phi) is 5.12. The molecule has 70 valence electrons. The first-order valence-corrected chi connectivity index (χ1v) is 5.05. The minimum atomic E-state index is 0. The fourth-order valence-electron chi connectivity index (χ4n) is 1.11. The Balaban J connectivity index is 0.000000980. The van der Waals surface area contributed by atoms with Gasteiger partial charge in [-0.1, -0.05) is 48.2 Å². The van der Waals surface area contributed by atoms with Gasteiger partial charge < -0.3 is 0 Å². The Morgan fingerprint density at radius 3 is 1.29 bits per heavy atom. The largest absolute Gasteiger partial charge is 0.0901 e. The normalized spacial score (nSPS) is 9.14. The molecule has 2 heteroatoms. The minimum Gasteiger partial charge on any atom is -0.0901 e. The molecule has 0 aliphatic heterocycles. The van der Waals surface area contributed by atoms with Gasteiger partial charge >= 0.3 is 23.9 Å². The smallest absolute Gasteiger partial charge is 0.0122 e. The summed E-state index contributed by atoms with van der Waals surface area (Å²) in [7, 11) is 0. The van der Waals surface area contributed by atoms with Gasteiger partial charge in [-0.3, -0.25) is 0 Å². The van der Waals surface area contributed by atoms with Gasteiger partial charge in [-0.15, -0.1) is 0 Å². The van der Waals surface area contributed by atoms with Gasteiger partial charge in [-0.05, 0) is 24.3 Å². The Labute approximate surface area is 106 Å². The molecule has 0 aromatic heterocycles. The van der Waals surface area contributed by atoms with E-state index >= 15 is 0 Å². The van der Waals surface area contributed by atoms with Crippen LogP contribution < -0.4 is 0 Å². The van der Waals surface area contributed by atoms with Crippen LogP contribution in [0.4, 0.5) is 0 Å². The number of hydrogen-bond donors (Lipinski definition) is 0. The number of benzene rings is 2. The van der Waals surface area contributed by atoms with Crippen LogP contribution in [0.25, 0.3) is 0 Å². The first kappa shape index (κ1) is 11.7. The van der Waals surface area contributed by atoms with E-state index in [1.807, 2.05) is 12.1 Å². The second-order valence-corrected chi connectivity index (χ2v) is 3.88. The van der Waals surface area contributed by atoms with Crippen molar-refractivity contribution in [3.63, 3.8) is 0 Å². The van der Waals surface area contributed by atoms with Crippen molar-refractivity contribution in [3.8, 4) is 0 Å². The summed E-state index contributed by atoms with van der Waals surface area (Å²) in [6.45, 7) is 0. The van der Waals surface area contributed by atoms with Gasteiger partial charge in [0.05, 0.1) is 0 Å². The molecule has 14 heavy (non-hydrogen) atoms. The summed E-state index contributed by atoms with van der Waals surface area (Å²) < 4.78 is 0. The quantitative estimate of drug-likeness (QED) is 0.769. The standard InChI is InChI=1S/C12H10S.Sn.2H/c1-3-7-11(8-4-1)13-12-9-5-2-6-10-12;;;/h1-10H;;;. The average Bonchev–Trinajstić information content (AvgIpc) is 2.21. The molecule has 0 spiro atoms. The minimum absolute atomic E-state index is 0. The molecule has 0 atom stereocenters. The van der Waals surface area contributed by atoms with Crippen LogP contribution in [0.2, 0.25) is 0 Å². The number of rotatable bonds is 2. The summed E-state index contributed by atoms with van der Waals surface area (Å²) in [5, 5.41) is 0. The fourth-order valence-corrected chi connectivity index (χ4v) is 1.97. The first-order valence-electron chi connectivity index (χ1n) is 4.23. The topological polar surface area (TPSA) is 0 Å². The molecule has 0 heterocycles. The second kappa shape index (κ2) is 6.14. The van der Waals surface area contributed by atoms with Crippen molar-refractivity contribution in [2.24, 2.45) is 0 Å². The summed E-state index contributed by atoms with van der Waals surface area (Å²) in [6, 6.07) is 20.8. The average molecular weight is 307 g/mol. The zero-order valence-electron chi connectivity index (χ0n) is 7.89. The SMILES string of the molecule is [SnH2].c1ccc(Sc2ccccc2)cc1. The van der Waals surface area contributed by atoms with Crippen LogP contribution in [0.5, 0.6) is 0 Å². The molecule has 0 nitrogen and oxygen atoms in total. The van der Waals surface area contributed by atoms with Gasteiger partial charge in [0.2, 0.25) is 0 Å². The predicted molar refractivity (Wildman–Crippen MR) is 65.6 cm³/mol. The fraction of sp³-hybridized carbons (Fsp3) is 0. The van der Waals surface area contributed by atoms with Crippen molar-refractivity contribution in [1.29, 1.82) is 0 Å². The Hall–Kier alpha value is -0.411. The molecule has 0 saturated heterocycles. The number of hydrogen-bond acceptors (Lipinski definition) is 1. The van der Waals surface area contributed by atoms with Crippen LogP contribution in [0.1, 0.15) is 0 Å². The van der Waals surface area contributed by atoms with E-state index in [4.69, 9.17) is 0 Å². The van der Waals surface area contributed by atoms with Crippen molar-refractivity contribution in [1.82, 2.24) is 0 Å². The van der Waals surface area contributed by atoms with E-state index in [1.54, 1.807) is 11.8 Å². The molecule has 0 amide bonds. The molecule has 0 aliphatic carbocycles. The van der Waals surface area contributed by atoms with Crippen LogP contribution >= 0.6 is 11.8 Å². The van der Waals surface area contributed by atoms with Crippen LogP contribution in [0.15, 0.2) is 70.5 Å². The Bertz CT molecular complexity index is 321. The van der Waals surface area contributed by atoms with Gasteiger partial charge in [-0.25, -0.2) is 0 Å². The summed E-state index contributed by atoms with van der Waals surface area (Å²) >= 11 is 1.79. The molecular formula is C12H12SSn. The third-order valence-electron chi connectivity index (χ3n) is 1.72. The molecule has 2 rings (SSSR count). The van der Waals surface area contributed by atoms with E-state index < -0.39 is 0 Å². The summed E-state index contributed by atoms with van der Waals surface area (Å²) in [5.41, 5.74) is 0. The van der Waals surface area contributed by atoms with Crippen molar-refractivity contribution in [2.45, 2.75) is 9.79 Å². The molecule has 2 radical (unpaired) electrons. The zero-order chi connectivity index (χ0) is 8.93. The van der Waals surface area contributed by atoms with Gasteiger partial charge in [0.1, 0.15) is 0 Å². The van der Waals surface area contributed by atoms with Crippen LogP contribution in [0.3, 0.4) is 0 Å². The third-order valence-corrected chi connectivity index (χ3v) is 2.74. The van der Waals surface area contributed by atoms with Crippen LogP contribution in [0, 0.1) is 0 Å². The molecular weight excluding hydrogens is 295 g/mol. The zero-order valence-corrected chi connectivity index (χ0v) is 12.7. The van der Waals surface area contributed by atoms with Gasteiger partial charge in [-0.2, -0.15) is 0 Å². The van der Waals surface area contributed by atoms with Gasteiger partial charge in [0.15, 0.2) is 0 Å². The summed E-state index contributed by atoms with van der Waals surface area (Å²) in [5.74, 6) is 0. The maximum atomic E-state index is 2.12. The summed E-state index contributed by atoms with van der Waals surface area (Å²) in [6.07, 6.45) is 0. The molecule has 0 saturated carbocycles. The first-order chi connectivity index (χ1) is 6.45. The van der Waals surface area contributed by atoms with Crippen molar-refractivity contribution in [3.05, 3.63) is 60.7 Å². The molecule has 0 fully saturated rings. The second-order valence-electron chi connectivity index (χ2n) is 2.73. The van der Waals surface area contributed by atoms with Gasteiger partial charge in [0.25, 0.3) is 0 Å². The maximum Gasteiger partial charge on any atom is 0.0122 e. The van der Waals surface area contributed by atoms with E-state index in [1.165, 1.54) is 9.79 Å². The molecule has 0 unspecified atom stereocenters. The predicted octanol–water partition coefficient (Wildman–Crippen LogP) is 2.92. The van der Waals surface area contributed by atoms with Crippen molar-refractivity contribution in [2.75, 3.05) is 0 Å². The summed E-state index contributed by atoms with van der Waals surface area (Å²) in [4.78, 5) is 2.57. The van der Waals surface area contributed by atoms with Crippen molar-refractivity contribution >= 4 is 35.7 Å². The van der Waals surface area contributed by atoms with Gasteiger partial charge in [0, 0.05) is 9.79 Å². The van der Waals surface area contributed by atoms with Crippen LogP contribution in [-0.4, -0.2) is 23.9 Å². The Morgan fingerprint density at radius 2 is 0.929 bits per heavy atom. The van der Waals surface area contributed by atoms with Crippen molar-refractivity contribution < 1.29 is 0 Å². The third kappa shape index (κ3) is 3.39. The Morgan fingerprint density at radius 1 is 0.571 bits per heavy atom. The molecule has 0 N–H and O–H groups in total. The van der Waals surface area contributed by atoms with E-state index in [-0.39, 0.29) is 23.9 Å². The van der Waals surface area contributed by atoms with E-state index in [2.05, 4.69) is 48.5 Å². The van der Waals surface area contributed by atoms with Crippen LogP contribution in [-0.2, 0) is 0 Å². The van der Waals surface area contributed by atoms with E-state index in [0.717, 1.165) is 0 Å². The molecule has 0 aliphatic rings. The molecule has 2 aromatic carbocycles. The molecule has 2 aromatic rings. The van der Waals surface area contributed by atoms with E-state index in [0.29, 0.717) is 0 Å². The monoisotopic (exact) mass is 308 g/mol. The maximum absolute atomic E-state index is 2.12. The molecule has 0 bridgehead atoms.